The molecular weight excluding hydrogens is 194 g/mol. The highest BCUT2D eigenvalue weighted by Gasteiger charge is 2.05. The van der Waals surface area contributed by atoms with Crippen LogP contribution >= 0.6 is 0 Å². The Bertz CT molecular complexity index is 303. The standard InChI is InChI=1S/C10H15N3O2/c1-8(5-11)13-10(14)7-15-9-3-2-4-12-6-9/h2-4,6,8H,5,7,11H2,1H3,(H,13,14). The fraction of sp³-hybridized carbons (Fsp3) is 0.400. The summed E-state index contributed by atoms with van der Waals surface area (Å²) in [4.78, 5) is 15.1. The van der Waals surface area contributed by atoms with Crippen LogP contribution in [0.25, 0.3) is 0 Å². The SMILES string of the molecule is CC(CN)NC(=O)COc1cccnc1. The molecule has 1 heterocycles. The van der Waals surface area contributed by atoms with Crippen LogP contribution in [-0.4, -0.2) is 30.1 Å². The number of pyridine rings is 1. The van der Waals surface area contributed by atoms with E-state index in [2.05, 4.69) is 10.3 Å². The third-order valence-electron chi connectivity index (χ3n) is 1.77. The summed E-state index contributed by atoms with van der Waals surface area (Å²) in [7, 11) is 0. The normalized spacial score (nSPS) is 11.9. The lowest BCUT2D eigenvalue weighted by molar-refractivity contribution is -0.123. The molecule has 5 heteroatoms. The van der Waals surface area contributed by atoms with Gasteiger partial charge in [-0.2, -0.15) is 0 Å². The lowest BCUT2D eigenvalue weighted by Crippen LogP contribution is -2.40. The van der Waals surface area contributed by atoms with Gasteiger partial charge in [-0.25, -0.2) is 0 Å². The van der Waals surface area contributed by atoms with Gasteiger partial charge in [-0.3, -0.25) is 9.78 Å². The third kappa shape index (κ3) is 4.42. The summed E-state index contributed by atoms with van der Waals surface area (Å²) >= 11 is 0. The van der Waals surface area contributed by atoms with Gasteiger partial charge in [-0.05, 0) is 19.1 Å². The van der Waals surface area contributed by atoms with Crippen molar-refractivity contribution in [3.05, 3.63) is 24.5 Å². The van der Waals surface area contributed by atoms with E-state index >= 15 is 0 Å². The van der Waals surface area contributed by atoms with Gasteiger partial charge in [0.25, 0.3) is 5.91 Å². The highest BCUT2D eigenvalue weighted by atomic mass is 16.5. The van der Waals surface area contributed by atoms with Crippen molar-refractivity contribution in [2.75, 3.05) is 13.2 Å². The van der Waals surface area contributed by atoms with Crippen molar-refractivity contribution < 1.29 is 9.53 Å². The molecule has 0 aromatic carbocycles. The summed E-state index contributed by atoms with van der Waals surface area (Å²) < 4.78 is 5.20. The molecule has 1 aromatic heterocycles. The fourth-order valence-corrected chi connectivity index (χ4v) is 0.957. The first-order valence-corrected chi connectivity index (χ1v) is 4.74. The smallest absolute Gasteiger partial charge is 0.258 e. The van der Waals surface area contributed by atoms with Crippen LogP contribution < -0.4 is 15.8 Å². The second kappa shape index (κ2) is 5.98. The van der Waals surface area contributed by atoms with Crippen LogP contribution in [0.2, 0.25) is 0 Å². The van der Waals surface area contributed by atoms with Crippen LogP contribution in [0.5, 0.6) is 5.75 Å². The summed E-state index contributed by atoms with van der Waals surface area (Å²) in [6.07, 6.45) is 3.20. The number of nitrogens with two attached hydrogens (primary N) is 1. The Labute approximate surface area is 88.6 Å². The Morgan fingerprint density at radius 1 is 1.73 bits per heavy atom. The van der Waals surface area contributed by atoms with Crippen molar-refractivity contribution in [1.29, 1.82) is 0 Å². The van der Waals surface area contributed by atoms with E-state index in [9.17, 15) is 4.79 Å². The summed E-state index contributed by atoms with van der Waals surface area (Å²) in [5, 5.41) is 2.69. The van der Waals surface area contributed by atoms with Crippen LogP contribution in [-0.2, 0) is 4.79 Å². The van der Waals surface area contributed by atoms with E-state index in [0.717, 1.165) is 0 Å². The Kier molecular flexibility index (Phi) is 4.56. The number of hydrogen-bond acceptors (Lipinski definition) is 4. The molecule has 1 atom stereocenters. The van der Waals surface area contributed by atoms with E-state index < -0.39 is 0 Å². The van der Waals surface area contributed by atoms with Gasteiger partial charge in [0.1, 0.15) is 5.75 Å². The summed E-state index contributed by atoms with van der Waals surface area (Å²) in [5.41, 5.74) is 5.36. The number of hydrogen-bond donors (Lipinski definition) is 2. The third-order valence-corrected chi connectivity index (χ3v) is 1.77. The second-order valence-corrected chi connectivity index (χ2v) is 3.18. The van der Waals surface area contributed by atoms with Crippen molar-refractivity contribution in [3.63, 3.8) is 0 Å². The number of carbonyl (C=O) groups is 1. The number of aromatic nitrogens is 1. The van der Waals surface area contributed by atoms with Crippen LogP contribution in [0, 0.1) is 0 Å². The highest BCUT2D eigenvalue weighted by molar-refractivity contribution is 5.77. The minimum atomic E-state index is -0.184. The van der Waals surface area contributed by atoms with Crippen molar-refractivity contribution in [2.45, 2.75) is 13.0 Å². The van der Waals surface area contributed by atoms with Gasteiger partial charge in [-0.1, -0.05) is 0 Å². The van der Waals surface area contributed by atoms with Crippen molar-refractivity contribution in [3.8, 4) is 5.75 Å². The number of rotatable bonds is 5. The molecule has 0 aliphatic heterocycles. The molecule has 5 nitrogen and oxygen atoms in total. The maximum atomic E-state index is 11.3. The number of carbonyl (C=O) groups excluding carboxylic acids is 1. The second-order valence-electron chi connectivity index (χ2n) is 3.18. The predicted molar refractivity (Wildman–Crippen MR) is 56.4 cm³/mol. The molecule has 82 valence electrons. The maximum Gasteiger partial charge on any atom is 0.258 e. The Balaban J connectivity index is 2.29. The lowest BCUT2D eigenvalue weighted by Gasteiger charge is -2.11. The summed E-state index contributed by atoms with van der Waals surface area (Å²) in [5.74, 6) is 0.393. The first-order valence-electron chi connectivity index (χ1n) is 4.74. The fourth-order valence-electron chi connectivity index (χ4n) is 0.957. The highest BCUT2D eigenvalue weighted by Crippen LogP contribution is 2.05. The predicted octanol–water partition coefficient (Wildman–Crippen LogP) is -0.0762. The van der Waals surface area contributed by atoms with Gasteiger partial charge >= 0.3 is 0 Å². The number of nitrogens with zero attached hydrogens (tertiary/aromatic N) is 1. The minimum absolute atomic E-state index is 0.0178. The van der Waals surface area contributed by atoms with E-state index in [-0.39, 0.29) is 18.6 Å². The quantitative estimate of drug-likeness (QED) is 0.711. The van der Waals surface area contributed by atoms with Crippen molar-refractivity contribution >= 4 is 5.91 Å². The Morgan fingerprint density at radius 3 is 3.13 bits per heavy atom. The Hall–Kier alpha value is -1.62. The molecular formula is C10H15N3O2. The molecule has 0 radical (unpaired) electrons. The molecule has 0 aliphatic carbocycles. The van der Waals surface area contributed by atoms with Crippen LogP contribution in [0.3, 0.4) is 0 Å². The van der Waals surface area contributed by atoms with E-state index in [0.29, 0.717) is 12.3 Å². The molecule has 0 aliphatic rings. The van der Waals surface area contributed by atoms with Crippen molar-refractivity contribution in [1.82, 2.24) is 10.3 Å². The van der Waals surface area contributed by atoms with Crippen LogP contribution in [0.1, 0.15) is 6.92 Å². The monoisotopic (exact) mass is 209 g/mol. The van der Waals surface area contributed by atoms with E-state index in [1.807, 2.05) is 6.92 Å². The van der Waals surface area contributed by atoms with E-state index in [4.69, 9.17) is 10.5 Å². The van der Waals surface area contributed by atoms with E-state index in [1.165, 1.54) is 0 Å². The summed E-state index contributed by atoms with van der Waals surface area (Å²) in [6, 6.07) is 3.46. The van der Waals surface area contributed by atoms with Crippen LogP contribution in [0.4, 0.5) is 0 Å². The molecule has 0 bridgehead atoms. The van der Waals surface area contributed by atoms with Crippen LogP contribution in [0.15, 0.2) is 24.5 Å². The van der Waals surface area contributed by atoms with Gasteiger partial charge in [0.2, 0.25) is 0 Å². The molecule has 3 N–H and O–H groups in total. The number of ether oxygens (including phenoxy) is 1. The summed E-state index contributed by atoms with van der Waals surface area (Å²) in [6.45, 7) is 2.23. The van der Waals surface area contributed by atoms with Crippen molar-refractivity contribution in [2.24, 2.45) is 5.73 Å². The van der Waals surface area contributed by atoms with Gasteiger partial charge in [0.05, 0.1) is 6.20 Å². The molecule has 1 amide bonds. The molecule has 0 fully saturated rings. The average molecular weight is 209 g/mol. The van der Waals surface area contributed by atoms with E-state index in [1.54, 1.807) is 24.5 Å². The maximum absolute atomic E-state index is 11.3. The average Bonchev–Trinajstić information content (AvgIpc) is 2.27. The molecule has 15 heavy (non-hydrogen) atoms. The lowest BCUT2D eigenvalue weighted by atomic mass is 10.3. The van der Waals surface area contributed by atoms with Gasteiger partial charge < -0.3 is 15.8 Å². The van der Waals surface area contributed by atoms with Gasteiger partial charge in [0, 0.05) is 18.8 Å². The first-order chi connectivity index (χ1) is 7.22. The molecule has 1 rings (SSSR count). The minimum Gasteiger partial charge on any atom is -0.482 e. The zero-order valence-corrected chi connectivity index (χ0v) is 8.64. The largest absolute Gasteiger partial charge is 0.482 e. The molecule has 0 spiro atoms. The Morgan fingerprint density at radius 2 is 2.53 bits per heavy atom. The number of amides is 1. The van der Waals surface area contributed by atoms with Gasteiger partial charge in [0.15, 0.2) is 6.61 Å². The first kappa shape index (κ1) is 11.5. The number of nitrogens with one attached hydrogen (secondary N) is 1. The zero-order chi connectivity index (χ0) is 11.1. The van der Waals surface area contributed by atoms with Gasteiger partial charge in [-0.15, -0.1) is 0 Å². The molecule has 1 aromatic rings. The zero-order valence-electron chi connectivity index (χ0n) is 8.64. The molecule has 1 unspecified atom stereocenters. The molecule has 0 saturated heterocycles. The molecule has 0 saturated carbocycles. The topological polar surface area (TPSA) is 77.2 Å².